The number of hydrogen-bond donors (Lipinski definition) is 1. The van der Waals surface area contributed by atoms with Crippen LogP contribution in [0.2, 0.25) is 10.0 Å². The van der Waals surface area contributed by atoms with Gasteiger partial charge in [-0.05, 0) is 75.7 Å². The van der Waals surface area contributed by atoms with E-state index in [1.807, 2.05) is 42.5 Å². The normalized spacial score (nSPS) is 18.6. The molecule has 1 fully saturated rings. The third-order valence-electron chi connectivity index (χ3n) is 5.34. The summed E-state index contributed by atoms with van der Waals surface area (Å²) in [6, 6.07) is 15.1. The lowest BCUT2D eigenvalue weighted by Gasteiger charge is -2.26. The molecule has 0 aliphatic carbocycles. The molecule has 162 valence electrons. The van der Waals surface area contributed by atoms with Gasteiger partial charge < -0.3 is 19.5 Å². The van der Waals surface area contributed by atoms with E-state index < -0.39 is 0 Å². The van der Waals surface area contributed by atoms with Crippen molar-refractivity contribution in [3.05, 3.63) is 76.2 Å². The van der Waals surface area contributed by atoms with E-state index in [4.69, 9.17) is 39.8 Å². The second-order valence-corrected chi connectivity index (χ2v) is 8.95. The van der Waals surface area contributed by atoms with Crippen molar-refractivity contribution in [2.45, 2.75) is 18.5 Å². The van der Waals surface area contributed by atoms with E-state index in [1.54, 1.807) is 12.3 Å². The first-order chi connectivity index (χ1) is 15.0. The van der Waals surface area contributed by atoms with Gasteiger partial charge in [0.2, 0.25) is 0 Å². The number of nitrogens with one attached hydrogen (secondary N) is 1. The average molecular weight is 475 g/mol. The van der Waals surface area contributed by atoms with Crippen LogP contribution >= 0.6 is 35.4 Å². The molecule has 4 rings (SSSR count). The van der Waals surface area contributed by atoms with Gasteiger partial charge in [0.15, 0.2) is 5.11 Å². The highest BCUT2D eigenvalue weighted by molar-refractivity contribution is 7.80. The van der Waals surface area contributed by atoms with Crippen LogP contribution in [0.25, 0.3) is 11.3 Å². The molecule has 1 aliphatic rings. The fraction of sp³-hybridized carbons (Fsp3) is 0.304. The molecule has 0 amide bonds. The third kappa shape index (κ3) is 4.72. The summed E-state index contributed by atoms with van der Waals surface area (Å²) < 4.78 is 6.32. The Labute approximate surface area is 198 Å². The first-order valence-electron chi connectivity index (χ1n) is 10.1. The molecule has 1 aliphatic heterocycles. The molecule has 1 saturated heterocycles. The molecular weight excluding hydrogens is 451 g/mol. The average Bonchev–Trinajstić information content (AvgIpc) is 3.35. The molecule has 0 spiro atoms. The Morgan fingerprint density at radius 2 is 1.97 bits per heavy atom. The predicted octanol–water partition coefficient (Wildman–Crippen LogP) is 5.57. The highest BCUT2D eigenvalue weighted by Crippen LogP contribution is 2.42. The number of pyridine rings is 1. The van der Waals surface area contributed by atoms with Gasteiger partial charge in [0.05, 0.1) is 21.8 Å². The molecule has 3 aromatic rings. The lowest BCUT2D eigenvalue weighted by molar-refractivity contribution is 0.261. The first kappa shape index (κ1) is 22.1. The lowest BCUT2D eigenvalue weighted by Crippen LogP contribution is -2.32. The quantitative estimate of drug-likeness (QED) is 0.451. The highest BCUT2D eigenvalue weighted by Gasteiger charge is 2.41. The fourth-order valence-corrected chi connectivity index (χ4v) is 4.59. The van der Waals surface area contributed by atoms with E-state index in [2.05, 4.69) is 34.2 Å². The summed E-state index contributed by atoms with van der Waals surface area (Å²) in [6.07, 6.45) is 2.78. The number of thiocarbonyl (C=S) groups is 1. The molecule has 0 saturated carbocycles. The standard InChI is InChI=1S/C23H24Cl2N4OS/c1-28(2)13-6-14-29-22(21(27-23(29)31)17-9-3-4-12-26-17)19-11-10-18(30-19)15-7-5-8-16(24)20(15)25/h3-5,7-12,21-22H,6,13-14H2,1-2H3,(H,27,31)/t21-,22+/m0/s1. The van der Waals surface area contributed by atoms with Crippen LogP contribution in [0.1, 0.15) is 30.0 Å². The van der Waals surface area contributed by atoms with Crippen molar-refractivity contribution in [2.75, 3.05) is 27.2 Å². The highest BCUT2D eigenvalue weighted by atomic mass is 35.5. The molecule has 5 nitrogen and oxygen atoms in total. The molecule has 0 radical (unpaired) electrons. The van der Waals surface area contributed by atoms with Gasteiger partial charge in [0, 0.05) is 18.3 Å². The fourth-order valence-electron chi connectivity index (χ4n) is 3.86. The molecule has 2 atom stereocenters. The van der Waals surface area contributed by atoms with Crippen molar-refractivity contribution in [2.24, 2.45) is 0 Å². The molecule has 8 heteroatoms. The summed E-state index contributed by atoms with van der Waals surface area (Å²) >= 11 is 18.3. The van der Waals surface area contributed by atoms with Crippen molar-refractivity contribution in [1.29, 1.82) is 0 Å². The summed E-state index contributed by atoms with van der Waals surface area (Å²) in [5.74, 6) is 1.48. The molecule has 1 aromatic carbocycles. The van der Waals surface area contributed by atoms with Crippen LogP contribution in [0.3, 0.4) is 0 Å². The number of nitrogens with zero attached hydrogens (tertiary/aromatic N) is 3. The smallest absolute Gasteiger partial charge is 0.170 e. The largest absolute Gasteiger partial charge is 0.459 e. The summed E-state index contributed by atoms with van der Waals surface area (Å²) in [5.41, 5.74) is 1.69. The van der Waals surface area contributed by atoms with Crippen molar-refractivity contribution >= 4 is 40.5 Å². The van der Waals surface area contributed by atoms with Gasteiger partial charge in [-0.1, -0.05) is 35.3 Å². The molecule has 1 N–H and O–H groups in total. The Hall–Kier alpha value is -2.12. The zero-order valence-corrected chi connectivity index (χ0v) is 19.7. The van der Waals surface area contributed by atoms with Crippen molar-refractivity contribution < 1.29 is 4.42 Å². The van der Waals surface area contributed by atoms with Gasteiger partial charge >= 0.3 is 0 Å². The molecule has 31 heavy (non-hydrogen) atoms. The monoisotopic (exact) mass is 474 g/mol. The molecule has 3 heterocycles. The van der Waals surface area contributed by atoms with Crippen LogP contribution in [0.15, 0.2) is 59.1 Å². The summed E-state index contributed by atoms with van der Waals surface area (Å²) in [4.78, 5) is 8.93. The maximum absolute atomic E-state index is 6.42. The number of furan rings is 1. The molecular formula is C23H24Cl2N4OS. The van der Waals surface area contributed by atoms with Gasteiger partial charge in [0.1, 0.15) is 17.6 Å². The Bertz CT molecular complexity index is 1060. The first-order valence-corrected chi connectivity index (χ1v) is 11.3. The molecule has 0 unspecified atom stereocenters. The second kappa shape index (κ2) is 9.57. The van der Waals surface area contributed by atoms with Crippen LogP contribution in [-0.4, -0.2) is 47.1 Å². The minimum atomic E-state index is -0.115. The maximum Gasteiger partial charge on any atom is 0.170 e. The molecule has 0 bridgehead atoms. The summed E-state index contributed by atoms with van der Waals surface area (Å²) in [6.45, 7) is 1.79. The second-order valence-electron chi connectivity index (χ2n) is 7.78. The Morgan fingerprint density at radius 3 is 2.71 bits per heavy atom. The zero-order chi connectivity index (χ0) is 22.0. The number of rotatable bonds is 7. The number of benzene rings is 1. The van der Waals surface area contributed by atoms with Gasteiger partial charge in [-0.25, -0.2) is 0 Å². The van der Waals surface area contributed by atoms with Gasteiger partial charge in [-0.15, -0.1) is 0 Å². The van der Waals surface area contributed by atoms with Crippen LogP contribution in [-0.2, 0) is 0 Å². The van der Waals surface area contributed by atoms with Crippen LogP contribution in [0.5, 0.6) is 0 Å². The van der Waals surface area contributed by atoms with Crippen molar-refractivity contribution in [3.8, 4) is 11.3 Å². The Morgan fingerprint density at radius 1 is 1.13 bits per heavy atom. The summed E-state index contributed by atoms with van der Waals surface area (Å²) in [5, 5.41) is 5.14. The van der Waals surface area contributed by atoms with Gasteiger partial charge in [-0.3, -0.25) is 4.98 Å². The van der Waals surface area contributed by atoms with Gasteiger partial charge in [-0.2, -0.15) is 0 Å². The van der Waals surface area contributed by atoms with Crippen molar-refractivity contribution in [1.82, 2.24) is 20.1 Å². The van der Waals surface area contributed by atoms with Crippen LogP contribution < -0.4 is 5.32 Å². The summed E-state index contributed by atoms with van der Waals surface area (Å²) in [7, 11) is 4.14. The van der Waals surface area contributed by atoms with Crippen LogP contribution in [0.4, 0.5) is 0 Å². The zero-order valence-electron chi connectivity index (χ0n) is 17.4. The van der Waals surface area contributed by atoms with E-state index in [1.165, 1.54) is 0 Å². The van der Waals surface area contributed by atoms with E-state index in [0.717, 1.165) is 36.5 Å². The Balaban J connectivity index is 1.69. The minimum absolute atomic E-state index is 0.109. The minimum Gasteiger partial charge on any atom is -0.459 e. The van der Waals surface area contributed by atoms with Gasteiger partial charge in [0.25, 0.3) is 0 Å². The number of hydrogen-bond acceptors (Lipinski definition) is 4. The van der Waals surface area contributed by atoms with E-state index >= 15 is 0 Å². The third-order valence-corrected chi connectivity index (χ3v) is 6.51. The number of halogens is 2. The SMILES string of the molecule is CN(C)CCCN1C(=S)N[C@@H](c2ccccn2)[C@H]1c1ccc(-c2cccc(Cl)c2Cl)o1. The Kier molecular flexibility index (Phi) is 6.82. The van der Waals surface area contributed by atoms with E-state index in [0.29, 0.717) is 20.9 Å². The van der Waals surface area contributed by atoms with Crippen LogP contribution in [0, 0.1) is 0 Å². The van der Waals surface area contributed by atoms with E-state index in [9.17, 15) is 0 Å². The van der Waals surface area contributed by atoms with Crippen molar-refractivity contribution in [3.63, 3.8) is 0 Å². The maximum atomic E-state index is 6.42. The lowest BCUT2D eigenvalue weighted by atomic mass is 10.0. The predicted molar refractivity (Wildman–Crippen MR) is 129 cm³/mol. The number of aromatic nitrogens is 1. The molecule has 2 aromatic heterocycles. The van der Waals surface area contributed by atoms with E-state index in [-0.39, 0.29) is 12.1 Å². The topological polar surface area (TPSA) is 44.5 Å².